The molecular weight excluding hydrogens is 369 g/mol. The lowest BCUT2D eigenvalue weighted by Gasteiger charge is -2.24. The fraction of sp³-hybridized carbons (Fsp3) is 0.176. The molecule has 1 amide bonds. The van der Waals surface area contributed by atoms with Gasteiger partial charge in [-0.15, -0.1) is 0 Å². The summed E-state index contributed by atoms with van der Waals surface area (Å²) in [5, 5.41) is 3.30. The highest BCUT2D eigenvalue weighted by molar-refractivity contribution is 6.35. The minimum absolute atomic E-state index is 0.0152. The van der Waals surface area contributed by atoms with Gasteiger partial charge in [-0.05, 0) is 30.3 Å². The summed E-state index contributed by atoms with van der Waals surface area (Å²) >= 11 is 11.7. The van der Waals surface area contributed by atoms with E-state index in [1.807, 2.05) is 0 Å². The average molecular weight is 382 g/mol. The molecule has 1 aliphatic rings. The number of halogens is 2. The van der Waals surface area contributed by atoms with Gasteiger partial charge >= 0.3 is 5.97 Å². The number of amides is 1. The summed E-state index contributed by atoms with van der Waals surface area (Å²) in [6, 6.07) is 11.6. The fourth-order valence-electron chi connectivity index (χ4n) is 2.19. The van der Waals surface area contributed by atoms with Gasteiger partial charge in [-0.3, -0.25) is 4.79 Å². The molecule has 0 spiro atoms. The Bertz CT molecular complexity index is 791. The number of hydrogen-bond donors (Lipinski definition) is 1. The van der Waals surface area contributed by atoms with Crippen LogP contribution in [0.25, 0.3) is 0 Å². The molecule has 2 aromatic rings. The van der Waals surface area contributed by atoms with Crippen molar-refractivity contribution in [1.82, 2.24) is 0 Å². The zero-order chi connectivity index (χ0) is 17.8. The van der Waals surface area contributed by atoms with Crippen LogP contribution in [0.5, 0.6) is 11.5 Å². The molecule has 0 saturated heterocycles. The van der Waals surface area contributed by atoms with E-state index < -0.39 is 24.6 Å². The first-order valence-electron chi connectivity index (χ1n) is 7.32. The predicted molar refractivity (Wildman–Crippen MR) is 92.4 cm³/mol. The van der Waals surface area contributed by atoms with Crippen molar-refractivity contribution in [1.29, 1.82) is 0 Å². The first-order chi connectivity index (χ1) is 12.0. The number of para-hydroxylation sites is 2. The minimum Gasteiger partial charge on any atom is -0.485 e. The third kappa shape index (κ3) is 4.55. The Kier molecular flexibility index (Phi) is 5.31. The van der Waals surface area contributed by atoms with E-state index >= 15 is 0 Å². The second-order valence-electron chi connectivity index (χ2n) is 5.18. The van der Waals surface area contributed by atoms with E-state index in [9.17, 15) is 9.59 Å². The van der Waals surface area contributed by atoms with Gasteiger partial charge in [-0.2, -0.15) is 0 Å². The van der Waals surface area contributed by atoms with Crippen molar-refractivity contribution >= 4 is 40.8 Å². The highest BCUT2D eigenvalue weighted by Crippen LogP contribution is 2.31. The van der Waals surface area contributed by atoms with Crippen LogP contribution in [-0.4, -0.2) is 31.2 Å². The molecule has 1 N–H and O–H groups in total. The Morgan fingerprint density at radius 3 is 2.52 bits per heavy atom. The fourth-order valence-corrected chi connectivity index (χ4v) is 2.71. The van der Waals surface area contributed by atoms with Crippen LogP contribution in [0.3, 0.4) is 0 Å². The number of carbonyl (C=O) groups is 2. The largest absolute Gasteiger partial charge is 0.485 e. The van der Waals surface area contributed by atoms with E-state index in [-0.39, 0.29) is 6.61 Å². The maximum atomic E-state index is 12.0. The molecule has 0 aliphatic carbocycles. The molecule has 1 unspecified atom stereocenters. The molecule has 0 saturated carbocycles. The lowest BCUT2D eigenvalue weighted by atomic mass is 10.2. The number of ether oxygens (including phenoxy) is 3. The second kappa shape index (κ2) is 7.63. The van der Waals surface area contributed by atoms with Gasteiger partial charge in [0.1, 0.15) is 6.61 Å². The number of hydrogen-bond acceptors (Lipinski definition) is 5. The normalized spacial score (nSPS) is 15.4. The summed E-state index contributed by atoms with van der Waals surface area (Å²) < 4.78 is 15.9. The summed E-state index contributed by atoms with van der Waals surface area (Å²) in [7, 11) is 0. The van der Waals surface area contributed by atoms with Crippen molar-refractivity contribution in [3.63, 3.8) is 0 Å². The van der Waals surface area contributed by atoms with Crippen LogP contribution in [0.1, 0.15) is 0 Å². The topological polar surface area (TPSA) is 73.9 Å². The second-order valence-corrected chi connectivity index (χ2v) is 6.05. The van der Waals surface area contributed by atoms with Gasteiger partial charge in [0.2, 0.25) is 6.10 Å². The van der Waals surface area contributed by atoms with Gasteiger partial charge in [-0.1, -0.05) is 35.3 Å². The minimum atomic E-state index is -0.927. The lowest BCUT2D eigenvalue weighted by Crippen LogP contribution is -2.39. The van der Waals surface area contributed by atoms with Crippen LogP contribution in [0.2, 0.25) is 10.0 Å². The molecule has 8 heteroatoms. The molecule has 6 nitrogen and oxygen atoms in total. The van der Waals surface area contributed by atoms with Gasteiger partial charge < -0.3 is 19.5 Å². The van der Waals surface area contributed by atoms with Crippen molar-refractivity contribution in [2.24, 2.45) is 0 Å². The van der Waals surface area contributed by atoms with E-state index in [2.05, 4.69) is 5.32 Å². The molecule has 0 radical (unpaired) electrons. The third-order valence-electron chi connectivity index (χ3n) is 3.26. The molecule has 130 valence electrons. The molecule has 3 rings (SSSR count). The van der Waals surface area contributed by atoms with Crippen LogP contribution in [0.15, 0.2) is 42.5 Å². The van der Waals surface area contributed by atoms with Crippen LogP contribution in [0.4, 0.5) is 5.69 Å². The summed E-state index contributed by atoms with van der Waals surface area (Å²) in [5.41, 5.74) is 0.407. The number of esters is 1. The molecule has 1 atom stereocenters. The molecule has 0 bridgehead atoms. The van der Waals surface area contributed by atoms with Crippen LogP contribution in [0, 0.1) is 0 Å². The van der Waals surface area contributed by atoms with E-state index in [0.29, 0.717) is 27.2 Å². The van der Waals surface area contributed by atoms with Gasteiger partial charge in [0.05, 0.1) is 0 Å². The maximum Gasteiger partial charge on any atom is 0.351 e. The number of benzene rings is 2. The molecular formula is C17H13Cl2NO5. The zero-order valence-electron chi connectivity index (χ0n) is 12.8. The Balaban J connectivity index is 1.51. The molecule has 1 aliphatic heterocycles. The molecule has 0 aromatic heterocycles. The standard InChI is InChI=1S/C17H13Cl2NO5/c18-10-5-11(19)7-12(6-10)20-16(21)9-24-17(22)15-8-23-13-3-1-2-4-14(13)25-15/h1-7,15H,8-9H2,(H,20,21). The predicted octanol–water partition coefficient (Wildman–Crippen LogP) is 3.32. The van der Waals surface area contributed by atoms with Crippen molar-refractivity contribution < 1.29 is 23.8 Å². The average Bonchev–Trinajstić information content (AvgIpc) is 2.58. The van der Waals surface area contributed by atoms with E-state index in [0.717, 1.165) is 0 Å². The first kappa shape index (κ1) is 17.4. The Hall–Kier alpha value is -2.44. The van der Waals surface area contributed by atoms with E-state index in [1.54, 1.807) is 24.3 Å². The summed E-state index contributed by atoms with van der Waals surface area (Å²) in [6.45, 7) is -0.453. The van der Waals surface area contributed by atoms with Crippen LogP contribution in [-0.2, 0) is 14.3 Å². The van der Waals surface area contributed by atoms with Gasteiger partial charge in [-0.25, -0.2) is 4.79 Å². The molecule has 25 heavy (non-hydrogen) atoms. The summed E-state index contributed by atoms with van der Waals surface area (Å²) in [5.74, 6) is -0.201. The highest BCUT2D eigenvalue weighted by Gasteiger charge is 2.29. The highest BCUT2D eigenvalue weighted by atomic mass is 35.5. The molecule has 0 fully saturated rings. The van der Waals surface area contributed by atoms with Crippen molar-refractivity contribution in [2.45, 2.75) is 6.10 Å². The Labute approximate surface area is 153 Å². The van der Waals surface area contributed by atoms with Gasteiger partial charge in [0.15, 0.2) is 18.1 Å². The quantitative estimate of drug-likeness (QED) is 0.822. The van der Waals surface area contributed by atoms with Gasteiger partial charge in [0.25, 0.3) is 5.91 Å². The van der Waals surface area contributed by atoms with Crippen LogP contribution >= 0.6 is 23.2 Å². The SMILES string of the molecule is O=C(COC(=O)C1COc2ccccc2O1)Nc1cc(Cl)cc(Cl)c1. The van der Waals surface area contributed by atoms with Crippen molar-refractivity contribution in [3.8, 4) is 11.5 Å². The summed E-state index contributed by atoms with van der Waals surface area (Å²) in [6.07, 6.45) is -0.927. The monoisotopic (exact) mass is 381 g/mol. The number of anilines is 1. The summed E-state index contributed by atoms with van der Waals surface area (Å²) in [4.78, 5) is 23.9. The number of carbonyl (C=O) groups excluding carboxylic acids is 2. The maximum absolute atomic E-state index is 12.0. The number of rotatable bonds is 4. The van der Waals surface area contributed by atoms with Crippen molar-refractivity contribution in [3.05, 3.63) is 52.5 Å². The first-order valence-corrected chi connectivity index (χ1v) is 8.08. The van der Waals surface area contributed by atoms with E-state index in [1.165, 1.54) is 18.2 Å². The Morgan fingerprint density at radius 2 is 1.80 bits per heavy atom. The molecule has 2 aromatic carbocycles. The Morgan fingerprint density at radius 1 is 1.12 bits per heavy atom. The number of fused-ring (bicyclic) bond motifs is 1. The zero-order valence-corrected chi connectivity index (χ0v) is 14.3. The van der Waals surface area contributed by atoms with Crippen LogP contribution < -0.4 is 14.8 Å². The van der Waals surface area contributed by atoms with E-state index in [4.69, 9.17) is 37.4 Å². The third-order valence-corrected chi connectivity index (χ3v) is 3.70. The lowest BCUT2D eigenvalue weighted by molar-refractivity contribution is -0.156. The van der Waals surface area contributed by atoms with Gasteiger partial charge in [0, 0.05) is 15.7 Å². The van der Waals surface area contributed by atoms with Crippen molar-refractivity contribution in [2.75, 3.05) is 18.5 Å². The number of nitrogens with one attached hydrogen (secondary N) is 1. The molecule has 1 heterocycles. The smallest absolute Gasteiger partial charge is 0.351 e.